The van der Waals surface area contributed by atoms with Gasteiger partial charge in [-0.05, 0) is 36.1 Å². The predicted octanol–water partition coefficient (Wildman–Crippen LogP) is 3.73. The minimum atomic E-state index is -0.961. The monoisotopic (exact) mass is 413 g/mol. The minimum Gasteiger partial charge on any atom is -0.493 e. The van der Waals surface area contributed by atoms with Crippen LogP contribution in [-0.4, -0.2) is 32.2 Å². The molecule has 2 aromatic heterocycles. The number of oxazole rings is 1. The van der Waals surface area contributed by atoms with Crippen molar-refractivity contribution in [3.05, 3.63) is 46.7 Å². The molecule has 3 rings (SSSR count). The summed E-state index contributed by atoms with van der Waals surface area (Å²) in [6.45, 7) is 1.65. The number of rotatable bonds is 7. The van der Waals surface area contributed by atoms with Gasteiger partial charge in [0.15, 0.2) is 17.2 Å². The molecular formula is C20H19N3O5S. The van der Waals surface area contributed by atoms with Crippen molar-refractivity contribution in [3.8, 4) is 34.1 Å². The highest BCUT2D eigenvalue weighted by atomic mass is 32.1. The number of carbonyl (C=O) groups is 1. The number of hydrogen-bond donors (Lipinski definition) is 1. The molecule has 8 nitrogen and oxygen atoms in total. The molecule has 0 bridgehead atoms. The molecule has 1 aromatic carbocycles. The topological polar surface area (TPSA) is 107 Å². The number of carbonyl (C=O) groups excluding carboxylic acids is 1. The van der Waals surface area contributed by atoms with Gasteiger partial charge in [0, 0.05) is 0 Å². The van der Waals surface area contributed by atoms with Crippen LogP contribution < -0.4 is 19.5 Å². The summed E-state index contributed by atoms with van der Waals surface area (Å²) in [6.07, 6.45) is 0. The van der Waals surface area contributed by atoms with Crippen LogP contribution in [0.2, 0.25) is 0 Å². The Bertz CT molecular complexity index is 1030. The first-order valence-electron chi connectivity index (χ1n) is 8.54. The summed E-state index contributed by atoms with van der Waals surface area (Å²) in [5, 5.41) is 14.2. The molecule has 9 heteroatoms. The normalized spacial score (nSPS) is 11.4. The number of nitriles is 1. The SMILES string of the molecule is COc1cc(C(C#N)NC(=O)c2nc(-c3cccs3)oc2C)cc(OC)c1OC. The first kappa shape index (κ1) is 20.2. The van der Waals surface area contributed by atoms with Crippen LogP contribution in [0.1, 0.15) is 27.9 Å². The summed E-state index contributed by atoms with van der Waals surface area (Å²) in [5.74, 6) is 1.38. The van der Waals surface area contributed by atoms with Gasteiger partial charge < -0.3 is 23.9 Å². The zero-order chi connectivity index (χ0) is 21.0. The molecule has 29 heavy (non-hydrogen) atoms. The molecule has 1 amide bonds. The van der Waals surface area contributed by atoms with Crippen molar-refractivity contribution in [2.75, 3.05) is 21.3 Å². The lowest BCUT2D eigenvalue weighted by molar-refractivity contribution is 0.0939. The fraction of sp³-hybridized carbons (Fsp3) is 0.250. The Kier molecular flexibility index (Phi) is 6.04. The Balaban J connectivity index is 1.89. The van der Waals surface area contributed by atoms with Gasteiger partial charge in [-0.15, -0.1) is 11.3 Å². The van der Waals surface area contributed by atoms with Crippen LogP contribution in [0.3, 0.4) is 0 Å². The molecule has 0 saturated heterocycles. The lowest BCUT2D eigenvalue weighted by atomic mass is 10.1. The smallest absolute Gasteiger partial charge is 0.274 e. The van der Waals surface area contributed by atoms with Crippen LogP contribution in [0.5, 0.6) is 17.2 Å². The van der Waals surface area contributed by atoms with Crippen molar-refractivity contribution >= 4 is 17.2 Å². The van der Waals surface area contributed by atoms with Crippen molar-refractivity contribution in [1.82, 2.24) is 10.3 Å². The van der Waals surface area contributed by atoms with E-state index in [1.807, 2.05) is 17.5 Å². The van der Waals surface area contributed by atoms with Crippen LogP contribution >= 0.6 is 11.3 Å². The molecule has 3 aromatic rings. The molecule has 0 radical (unpaired) electrons. The van der Waals surface area contributed by atoms with Gasteiger partial charge in [-0.25, -0.2) is 4.98 Å². The molecule has 2 heterocycles. The van der Waals surface area contributed by atoms with Gasteiger partial charge >= 0.3 is 0 Å². The number of benzene rings is 1. The molecule has 0 fully saturated rings. The number of aryl methyl sites for hydroxylation is 1. The second-order valence-corrected chi connectivity index (χ2v) is 6.84. The van der Waals surface area contributed by atoms with Crippen molar-refractivity contribution < 1.29 is 23.4 Å². The second kappa shape index (κ2) is 8.67. The van der Waals surface area contributed by atoms with E-state index in [-0.39, 0.29) is 5.69 Å². The van der Waals surface area contributed by atoms with E-state index in [9.17, 15) is 10.1 Å². The Morgan fingerprint density at radius 1 is 1.24 bits per heavy atom. The maximum absolute atomic E-state index is 12.8. The van der Waals surface area contributed by atoms with Gasteiger partial charge in [-0.3, -0.25) is 4.79 Å². The largest absolute Gasteiger partial charge is 0.493 e. The Labute approximate surface area is 171 Å². The van der Waals surface area contributed by atoms with Gasteiger partial charge in [0.05, 0.1) is 32.3 Å². The number of aromatic nitrogens is 1. The highest BCUT2D eigenvalue weighted by Gasteiger charge is 2.24. The standard InChI is InChI=1S/C20H19N3O5S/c1-11-17(23-20(28-11)16-6-5-7-29-16)19(24)22-13(10-21)12-8-14(25-2)18(27-4)15(9-12)26-3/h5-9,13H,1-4H3,(H,22,24). The van der Waals surface area contributed by atoms with Crippen LogP contribution in [0.25, 0.3) is 10.8 Å². The van der Waals surface area contributed by atoms with Gasteiger partial charge in [-0.1, -0.05) is 6.07 Å². The summed E-state index contributed by atoms with van der Waals surface area (Å²) in [6, 6.07) is 8.06. The molecule has 0 spiro atoms. The van der Waals surface area contributed by atoms with E-state index >= 15 is 0 Å². The lowest BCUT2D eigenvalue weighted by Crippen LogP contribution is -2.28. The van der Waals surface area contributed by atoms with Crippen LogP contribution in [-0.2, 0) is 0 Å². The molecule has 1 atom stereocenters. The number of nitrogens with one attached hydrogen (secondary N) is 1. The molecule has 0 aliphatic carbocycles. The van der Waals surface area contributed by atoms with Gasteiger partial charge in [0.1, 0.15) is 11.8 Å². The molecule has 1 unspecified atom stereocenters. The summed E-state index contributed by atoms with van der Waals surface area (Å²) >= 11 is 1.46. The lowest BCUT2D eigenvalue weighted by Gasteiger charge is -2.17. The van der Waals surface area contributed by atoms with Crippen molar-refractivity contribution in [3.63, 3.8) is 0 Å². The van der Waals surface area contributed by atoms with E-state index in [0.717, 1.165) is 4.88 Å². The van der Waals surface area contributed by atoms with Crippen LogP contribution in [0, 0.1) is 18.3 Å². The van der Waals surface area contributed by atoms with Gasteiger partial charge in [-0.2, -0.15) is 5.26 Å². The van der Waals surface area contributed by atoms with Crippen LogP contribution in [0.15, 0.2) is 34.1 Å². The summed E-state index contributed by atoms with van der Waals surface area (Å²) < 4.78 is 21.5. The fourth-order valence-electron chi connectivity index (χ4n) is 2.77. The van der Waals surface area contributed by atoms with Crippen molar-refractivity contribution in [2.45, 2.75) is 13.0 Å². The second-order valence-electron chi connectivity index (χ2n) is 5.90. The molecule has 0 aliphatic heterocycles. The number of thiophene rings is 1. The molecule has 150 valence electrons. The van der Waals surface area contributed by atoms with E-state index < -0.39 is 11.9 Å². The molecule has 1 N–H and O–H groups in total. The van der Waals surface area contributed by atoms with E-state index in [1.165, 1.54) is 32.7 Å². The van der Waals surface area contributed by atoms with E-state index in [4.69, 9.17) is 18.6 Å². The first-order chi connectivity index (χ1) is 14.0. The number of nitrogens with zero attached hydrogens (tertiary/aromatic N) is 2. The minimum absolute atomic E-state index is 0.126. The van der Waals surface area contributed by atoms with Crippen LogP contribution in [0.4, 0.5) is 0 Å². The van der Waals surface area contributed by atoms with Crippen molar-refractivity contribution in [1.29, 1.82) is 5.26 Å². The van der Waals surface area contributed by atoms with E-state index in [0.29, 0.717) is 34.5 Å². The third-order valence-corrected chi connectivity index (χ3v) is 5.03. The number of hydrogen-bond acceptors (Lipinski definition) is 8. The third kappa shape index (κ3) is 4.02. The zero-order valence-corrected chi connectivity index (χ0v) is 17.1. The average Bonchev–Trinajstić information content (AvgIpc) is 3.40. The predicted molar refractivity (Wildman–Crippen MR) is 106 cm³/mol. The summed E-state index contributed by atoms with van der Waals surface area (Å²) in [7, 11) is 4.44. The maximum Gasteiger partial charge on any atom is 0.274 e. The quantitative estimate of drug-likeness (QED) is 0.629. The Morgan fingerprint density at radius 2 is 1.93 bits per heavy atom. The Morgan fingerprint density at radius 3 is 2.45 bits per heavy atom. The number of amides is 1. The van der Waals surface area contributed by atoms with E-state index in [2.05, 4.69) is 16.4 Å². The van der Waals surface area contributed by atoms with Gasteiger partial charge in [0.25, 0.3) is 5.91 Å². The van der Waals surface area contributed by atoms with E-state index in [1.54, 1.807) is 19.1 Å². The maximum atomic E-state index is 12.8. The molecule has 0 saturated carbocycles. The average molecular weight is 413 g/mol. The molecular weight excluding hydrogens is 394 g/mol. The van der Waals surface area contributed by atoms with Crippen molar-refractivity contribution in [2.24, 2.45) is 0 Å². The summed E-state index contributed by atoms with van der Waals surface area (Å²) in [5.41, 5.74) is 0.607. The Hall–Kier alpha value is -3.51. The number of ether oxygens (including phenoxy) is 3. The molecule has 0 aliphatic rings. The first-order valence-corrected chi connectivity index (χ1v) is 9.42. The van der Waals surface area contributed by atoms with Gasteiger partial charge in [0.2, 0.25) is 11.6 Å². The highest BCUT2D eigenvalue weighted by molar-refractivity contribution is 7.13. The highest BCUT2D eigenvalue weighted by Crippen LogP contribution is 2.39. The summed E-state index contributed by atoms with van der Waals surface area (Å²) in [4.78, 5) is 17.8. The third-order valence-electron chi connectivity index (χ3n) is 4.17. The fourth-order valence-corrected chi connectivity index (χ4v) is 3.42. The zero-order valence-electron chi connectivity index (χ0n) is 16.3. The number of methoxy groups -OCH3 is 3.